The molecule has 0 aromatic heterocycles. The van der Waals surface area contributed by atoms with Crippen LogP contribution in [0.25, 0.3) is 0 Å². The Balaban J connectivity index is 1.50. The van der Waals surface area contributed by atoms with Gasteiger partial charge in [-0.1, -0.05) is 55.7 Å². The molecule has 4 rings (SSSR count). The zero-order chi connectivity index (χ0) is 23.9. The standard InChI is InChI=1S/C28H35NO5/c1-29(24-6-4-3-5-7-24)28(31)26-16-23(22-12-14-25(32-2)15-13-22)17-27(34-26)33-19-21-10-8-20(18-30)9-11-21/h8-16,23-24,27,30H,3-7,17-19H2,1-2H3/t23-,27+/m0/s1. The molecule has 1 amide bonds. The largest absolute Gasteiger partial charge is 0.497 e. The zero-order valence-corrected chi connectivity index (χ0v) is 20.1. The van der Waals surface area contributed by atoms with Crippen LogP contribution in [0.15, 0.2) is 60.4 Å². The number of aliphatic hydroxyl groups is 1. The fourth-order valence-electron chi connectivity index (χ4n) is 4.73. The first-order valence-corrected chi connectivity index (χ1v) is 12.2. The van der Waals surface area contributed by atoms with Crippen molar-refractivity contribution in [1.29, 1.82) is 0 Å². The van der Waals surface area contributed by atoms with Gasteiger partial charge in [0.15, 0.2) is 5.76 Å². The van der Waals surface area contributed by atoms with Gasteiger partial charge in [0.05, 0.1) is 20.3 Å². The van der Waals surface area contributed by atoms with Gasteiger partial charge in [0.1, 0.15) is 5.75 Å². The first-order valence-electron chi connectivity index (χ1n) is 12.2. The summed E-state index contributed by atoms with van der Waals surface area (Å²) in [6.45, 7) is 0.382. The van der Waals surface area contributed by atoms with Gasteiger partial charge in [-0.15, -0.1) is 0 Å². The molecule has 0 unspecified atom stereocenters. The van der Waals surface area contributed by atoms with Gasteiger partial charge in [0, 0.05) is 25.4 Å². The first kappa shape index (κ1) is 24.3. The molecule has 0 bridgehead atoms. The highest BCUT2D eigenvalue weighted by Crippen LogP contribution is 2.34. The number of methoxy groups -OCH3 is 1. The molecule has 0 spiro atoms. The molecule has 0 radical (unpaired) electrons. The van der Waals surface area contributed by atoms with Crippen molar-refractivity contribution >= 4 is 5.91 Å². The molecule has 182 valence electrons. The number of likely N-dealkylation sites (N-methyl/N-ethyl adjacent to an activating group) is 1. The van der Waals surface area contributed by atoms with E-state index >= 15 is 0 Å². The summed E-state index contributed by atoms with van der Waals surface area (Å²) in [6, 6.07) is 15.8. The first-order chi connectivity index (χ1) is 16.6. The number of hydrogen-bond donors (Lipinski definition) is 1. The van der Waals surface area contributed by atoms with E-state index in [4.69, 9.17) is 14.2 Å². The Morgan fingerprint density at radius 1 is 1.03 bits per heavy atom. The highest BCUT2D eigenvalue weighted by Gasteiger charge is 2.32. The summed E-state index contributed by atoms with van der Waals surface area (Å²) in [5.74, 6) is 1.08. The average molecular weight is 466 g/mol. The van der Waals surface area contributed by atoms with E-state index < -0.39 is 6.29 Å². The number of hydrogen-bond acceptors (Lipinski definition) is 5. The highest BCUT2D eigenvalue weighted by atomic mass is 16.7. The van der Waals surface area contributed by atoms with E-state index in [1.54, 1.807) is 7.11 Å². The fourth-order valence-corrected chi connectivity index (χ4v) is 4.73. The molecule has 1 aliphatic heterocycles. The molecule has 6 heteroatoms. The van der Waals surface area contributed by atoms with Crippen LogP contribution in [-0.4, -0.2) is 42.4 Å². The van der Waals surface area contributed by atoms with Crippen molar-refractivity contribution in [2.75, 3.05) is 14.2 Å². The lowest BCUT2D eigenvalue weighted by Crippen LogP contribution is -2.41. The van der Waals surface area contributed by atoms with Gasteiger partial charge in [-0.05, 0) is 47.7 Å². The summed E-state index contributed by atoms with van der Waals surface area (Å²) in [7, 11) is 3.54. The number of nitrogens with zero attached hydrogens (tertiary/aromatic N) is 1. The zero-order valence-electron chi connectivity index (χ0n) is 20.1. The summed E-state index contributed by atoms with van der Waals surface area (Å²) in [6.07, 6.45) is 7.68. The van der Waals surface area contributed by atoms with E-state index in [1.165, 1.54) is 6.42 Å². The van der Waals surface area contributed by atoms with Gasteiger partial charge in [0.2, 0.25) is 6.29 Å². The van der Waals surface area contributed by atoms with Crippen molar-refractivity contribution in [3.63, 3.8) is 0 Å². The molecular weight excluding hydrogens is 430 g/mol. The molecule has 1 aliphatic carbocycles. The third kappa shape index (κ3) is 5.99. The predicted octanol–water partition coefficient (Wildman–Crippen LogP) is 4.91. The van der Waals surface area contributed by atoms with Crippen molar-refractivity contribution in [1.82, 2.24) is 4.90 Å². The number of carbonyl (C=O) groups is 1. The maximum absolute atomic E-state index is 13.4. The number of aliphatic hydroxyl groups excluding tert-OH is 1. The lowest BCUT2D eigenvalue weighted by molar-refractivity contribution is -0.156. The van der Waals surface area contributed by atoms with Gasteiger partial charge >= 0.3 is 0 Å². The van der Waals surface area contributed by atoms with Crippen molar-refractivity contribution in [2.24, 2.45) is 0 Å². The van der Waals surface area contributed by atoms with Gasteiger partial charge < -0.3 is 24.2 Å². The topological polar surface area (TPSA) is 68.2 Å². The summed E-state index contributed by atoms with van der Waals surface area (Å²) in [4.78, 5) is 15.3. The van der Waals surface area contributed by atoms with Gasteiger partial charge in [-0.2, -0.15) is 0 Å². The van der Waals surface area contributed by atoms with Crippen LogP contribution in [0.4, 0.5) is 0 Å². The highest BCUT2D eigenvalue weighted by molar-refractivity contribution is 5.91. The van der Waals surface area contributed by atoms with Gasteiger partial charge in [-0.3, -0.25) is 4.79 Å². The van der Waals surface area contributed by atoms with E-state index in [-0.39, 0.29) is 24.5 Å². The molecule has 34 heavy (non-hydrogen) atoms. The van der Waals surface area contributed by atoms with Gasteiger partial charge in [-0.25, -0.2) is 0 Å². The SMILES string of the molecule is COc1ccc([C@H]2C=C(C(=O)N(C)C3CCCCC3)O[C@@H](OCc3ccc(CO)cc3)C2)cc1. The summed E-state index contributed by atoms with van der Waals surface area (Å²) in [5.41, 5.74) is 2.94. The molecule has 2 aliphatic rings. The minimum atomic E-state index is -0.534. The Morgan fingerprint density at radius 2 is 1.71 bits per heavy atom. The molecule has 1 N–H and O–H groups in total. The quantitative estimate of drug-likeness (QED) is 0.600. The summed E-state index contributed by atoms with van der Waals surface area (Å²) in [5, 5.41) is 9.25. The minimum absolute atomic E-state index is 0.000117. The molecule has 2 aromatic carbocycles. The van der Waals surface area contributed by atoms with E-state index in [1.807, 2.05) is 66.6 Å². The Morgan fingerprint density at radius 3 is 2.35 bits per heavy atom. The van der Waals surface area contributed by atoms with Crippen molar-refractivity contribution in [3.05, 3.63) is 77.1 Å². The predicted molar refractivity (Wildman–Crippen MR) is 130 cm³/mol. The Hall–Kier alpha value is -2.83. The third-order valence-electron chi connectivity index (χ3n) is 6.90. The van der Waals surface area contributed by atoms with Crippen LogP contribution in [0, 0.1) is 0 Å². The van der Waals surface area contributed by atoms with E-state index in [0.717, 1.165) is 48.1 Å². The van der Waals surface area contributed by atoms with Crippen LogP contribution in [0.1, 0.15) is 61.1 Å². The molecule has 6 nitrogen and oxygen atoms in total. The smallest absolute Gasteiger partial charge is 0.288 e. The van der Waals surface area contributed by atoms with Crippen LogP contribution in [0.3, 0.4) is 0 Å². The maximum atomic E-state index is 13.4. The number of ether oxygens (including phenoxy) is 3. The molecule has 1 fully saturated rings. The van der Waals surface area contributed by atoms with Crippen molar-refractivity contribution in [3.8, 4) is 5.75 Å². The average Bonchev–Trinajstić information content (AvgIpc) is 2.91. The van der Waals surface area contributed by atoms with Crippen LogP contribution in [0.5, 0.6) is 5.75 Å². The number of rotatable bonds is 8. The van der Waals surface area contributed by atoms with E-state index in [0.29, 0.717) is 18.8 Å². The second-order valence-electron chi connectivity index (χ2n) is 9.19. The number of benzene rings is 2. The van der Waals surface area contributed by atoms with Crippen LogP contribution in [-0.2, 0) is 27.5 Å². The summed E-state index contributed by atoms with van der Waals surface area (Å²) < 4.78 is 17.5. The van der Waals surface area contributed by atoms with Crippen LogP contribution < -0.4 is 4.74 Å². The molecule has 2 aromatic rings. The van der Waals surface area contributed by atoms with Crippen LogP contribution in [0.2, 0.25) is 0 Å². The van der Waals surface area contributed by atoms with Crippen molar-refractivity contribution < 1.29 is 24.1 Å². The van der Waals surface area contributed by atoms with Gasteiger partial charge in [0.25, 0.3) is 5.91 Å². The normalized spacial score (nSPS) is 20.9. The van der Waals surface area contributed by atoms with Crippen molar-refractivity contribution in [2.45, 2.75) is 70.0 Å². The fraction of sp³-hybridized carbons (Fsp3) is 0.464. The number of amides is 1. The molecule has 1 saturated carbocycles. The lowest BCUT2D eigenvalue weighted by Gasteiger charge is -2.34. The monoisotopic (exact) mass is 465 g/mol. The van der Waals surface area contributed by atoms with E-state index in [2.05, 4.69) is 0 Å². The van der Waals surface area contributed by atoms with Crippen LogP contribution >= 0.6 is 0 Å². The number of carbonyl (C=O) groups excluding carboxylic acids is 1. The molecular formula is C28H35NO5. The third-order valence-corrected chi connectivity index (χ3v) is 6.90. The lowest BCUT2D eigenvalue weighted by atomic mass is 9.92. The second kappa shape index (κ2) is 11.5. The second-order valence-corrected chi connectivity index (χ2v) is 9.19. The summed E-state index contributed by atoms with van der Waals surface area (Å²) >= 11 is 0. The maximum Gasteiger partial charge on any atom is 0.288 e. The molecule has 2 atom stereocenters. The minimum Gasteiger partial charge on any atom is -0.497 e. The van der Waals surface area contributed by atoms with E-state index in [9.17, 15) is 9.90 Å². The molecule has 0 saturated heterocycles. The Bertz CT molecular complexity index is 963. The Labute approximate surface area is 202 Å². The number of allylic oxidation sites excluding steroid dienone is 1. The Kier molecular flexibility index (Phi) is 8.25. The molecule has 1 heterocycles.